The highest BCUT2D eigenvalue weighted by Crippen LogP contribution is 2.34. The quantitative estimate of drug-likeness (QED) is 0.641. The molecule has 2 aromatic carbocycles. The molecule has 0 saturated carbocycles. The Morgan fingerprint density at radius 1 is 1.22 bits per heavy atom. The van der Waals surface area contributed by atoms with Crippen molar-refractivity contribution in [3.8, 4) is 11.4 Å². The van der Waals surface area contributed by atoms with Gasteiger partial charge in [0.05, 0.1) is 0 Å². The van der Waals surface area contributed by atoms with Gasteiger partial charge in [0, 0.05) is 22.7 Å². The number of amides is 1. The number of likely N-dealkylation sites (tertiary alicyclic amines) is 1. The van der Waals surface area contributed by atoms with E-state index in [0.29, 0.717) is 23.3 Å². The van der Waals surface area contributed by atoms with Crippen LogP contribution in [-0.4, -0.2) is 27.5 Å². The number of rotatable bonds is 3. The Labute approximate surface area is 163 Å². The van der Waals surface area contributed by atoms with Crippen LogP contribution in [0.1, 0.15) is 46.3 Å². The van der Waals surface area contributed by atoms with Crippen LogP contribution in [0.3, 0.4) is 0 Å². The fourth-order valence-electron chi connectivity index (χ4n) is 3.59. The summed E-state index contributed by atoms with van der Waals surface area (Å²) in [5.41, 5.74) is 3.64. The number of hydrogen-bond acceptors (Lipinski definition) is 4. The van der Waals surface area contributed by atoms with Crippen molar-refractivity contribution in [2.24, 2.45) is 0 Å². The van der Waals surface area contributed by atoms with Crippen molar-refractivity contribution in [3.63, 3.8) is 0 Å². The van der Waals surface area contributed by atoms with E-state index < -0.39 is 0 Å². The number of aromatic nitrogens is 2. The minimum absolute atomic E-state index is 0.0116. The van der Waals surface area contributed by atoms with E-state index in [2.05, 4.69) is 10.1 Å². The Balaban J connectivity index is 1.61. The first-order valence-electron chi connectivity index (χ1n) is 9.00. The third-order valence-corrected chi connectivity index (χ3v) is 5.17. The number of hydrogen-bond donors (Lipinski definition) is 0. The smallest absolute Gasteiger partial charge is 0.254 e. The molecule has 1 aromatic heterocycles. The van der Waals surface area contributed by atoms with Crippen molar-refractivity contribution < 1.29 is 9.32 Å². The van der Waals surface area contributed by atoms with Gasteiger partial charge in [0.2, 0.25) is 11.7 Å². The maximum atomic E-state index is 13.1. The second kappa shape index (κ2) is 7.16. The van der Waals surface area contributed by atoms with Crippen molar-refractivity contribution in [2.45, 2.75) is 32.7 Å². The van der Waals surface area contributed by atoms with Crippen LogP contribution in [-0.2, 0) is 0 Å². The largest absolute Gasteiger partial charge is 0.337 e. The van der Waals surface area contributed by atoms with Crippen LogP contribution >= 0.6 is 11.6 Å². The number of nitrogens with zero attached hydrogens (tertiary/aromatic N) is 3. The minimum Gasteiger partial charge on any atom is -0.337 e. The van der Waals surface area contributed by atoms with Gasteiger partial charge in [0.1, 0.15) is 6.04 Å². The minimum atomic E-state index is -0.196. The van der Waals surface area contributed by atoms with E-state index in [1.54, 1.807) is 12.1 Å². The number of benzene rings is 2. The molecule has 138 valence electrons. The first-order chi connectivity index (χ1) is 13.0. The molecule has 1 fully saturated rings. The van der Waals surface area contributed by atoms with E-state index in [4.69, 9.17) is 16.1 Å². The molecule has 4 rings (SSSR count). The first-order valence-corrected chi connectivity index (χ1v) is 9.38. The van der Waals surface area contributed by atoms with Gasteiger partial charge in [-0.3, -0.25) is 4.79 Å². The maximum absolute atomic E-state index is 13.1. The van der Waals surface area contributed by atoms with Crippen molar-refractivity contribution in [1.82, 2.24) is 15.0 Å². The summed E-state index contributed by atoms with van der Waals surface area (Å²) in [7, 11) is 0. The summed E-state index contributed by atoms with van der Waals surface area (Å²) in [5.74, 6) is 0.969. The first kappa shape index (κ1) is 17.7. The van der Waals surface area contributed by atoms with E-state index >= 15 is 0 Å². The number of aryl methyl sites for hydroxylation is 2. The second-order valence-electron chi connectivity index (χ2n) is 6.94. The average molecular weight is 382 g/mol. The zero-order valence-corrected chi connectivity index (χ0v) is 16.0. The van der Waals surface area contributed by atoms with Crippen LogP contribution in [0.4, 0.5) is 0 Å². The number of carbonyl (C=O) groups is 1. The molecule has 0 bridgehead atoms. The summed E-state index contributed by atoms with van der Waals surface area (Å²) in [6, 6.07) is 13.0. The lowest BCUT2D eigenvalue weighted by Gasteiger charge is -2.22. The summed E-state index contributed by atoms with van der Waals surface area (Å²) in [5, 5.41) is 4.70. The monoisotopic (exact) mass is 381 g/mol. The molecule has 6 heteroatoms. The van der Waals surface area contributed by atoms with Gasteiger partial charge >= 0.3 is 0 Å². The lowest BCUT2D eigenvalue weighted by molar-refractivity contribution is 0.0709. The molecule has 2 heterocycles. The topological polar surface area (TPSA) is 59.2 Å². The van der Waals surface area contributed by atoms with Gasteiger partial charge in [-0.1, -0.05) is 46.6 Å². The second-order valence-corrected chi connectivity index (χ2v) is 7.38. The Hall–Kier alpha value is -2.66. The molecule has 0 spiro atoms. The van der Waals surface area contributed by atoms with Gasteiger partial charge in [0.25, 0.3) is 5.91 Å². The van der Waals surface area contributed by atoms with Crippen LogP contribution in [0.15, 0.2) is 47.0 Å². The molecule has 0 unspecified atom stereocenters. The van der Waals surface area contributed by atoms with Gasteiger partial charge in [-0.25, -0.2) is 0 Å². The standard InChI is InChI=1S/C21H20ClN3O2/c1-13-8-9-17(14(2)11-13)21(26)25-10-4-7-18(25)20-23-19(24-27-20)15-5-3-6-16(22)12-15/h3,5-6,8-9,11-12,18H,4,7,10H2,1-2H3/t18-/m1/s1. The van der Waals surface area contributed by atoms with Crippen LogP contribution < -0.4 is 0 Å². The molecular formula is C21H20ClN3O2. The number of carbonyl (C=O) groups excluding carboxylic acids is 1. The molecule has 1 aliphatic rings. The maximum Gasteiger partial charge on any atom is 0.254 e. The molecule has 1 aliphatic heterocycles. The third-order valence-electron chi connectivity index (χ3n) is 4.94. The van der Waals surface area contributed by atoms with Crippen LogP contribution in [0.2, 0.25) is 5.02 Å². The molecule has 27 heavy (non-hydrogen) atoms. The molecule has 0 N–H and O–H groups in total. The van der Waals surface area contributed by atoms with E-state index in [1.807, 2.05) is 49.1 Å². The zero-order valence-electron chi connectivity index (χ0n) is 15.3. The van der Waals surface area contributed by atoms with Crippen molar-refractivity contribution in [2.75, 3.05) is 6.54 Å². The Bertz CT molecular complexity index is 999. The Morgan fingerprint density at radius 2 is 2.07 bits per heavy atom. The van der Waals surface area contributed by atoms with Gasteiger partial charge in [-0.15, -0.1) is 0 Å². The Kier molecular flexibility index (Phi) is 4.70. The number of halogens is 1. The van der Waals surface area contributed by atoms with E-state index in [-0.39, 0.29) is 11.9 Å². The molecular weight excluding hydrogens is 362 g/mol. The van der Waals surface area contributed by atoms with Gasteiger partial charge in [-0.05, 0) is 50.5 Å². The van der Waals surface area contributed by atoms with Crippen LogP contribution in [0, 0.1) is 13.8 Å². The van der Waals surface area contributed by atoms with Crippen molar-refractivity contribution in [1.29, 1.82) is 0 Å². The SMILES string of the molecule is Cc1ccc(C(=O)N2CCC[C@@H]2c2nc(-c3cccc(Cl)c3)no2)c(C)c1. The molecule has 1 atom stereocenters. The highest BCUT2D eigenvalue weighted by Gasteiger charge is 2.35. The predicted molar refractivity (Wildman–Crippen MR) is 104 cm³/mol. The normalized spacial score (nSPS) is 16.7. The Morgan fingerprint density at radius 3 is 2.85 bits per heavy atom. The fourth-order valence-corrected chi connectivity index (χ4v) is 3.78. The van der Waals surface area contributed by atoms with E-state index in [9.17, 15) is 4.79 Å². The molecule has 5 nitrogen and oxygen atoms in total. The van der Waals surface area contributed by atoms with Gasteiger partial charge < -0.3 is 9.42 Å². The van der Waals surface area contributed by atoms with E-state index in [1.165, 1.54) is 0 Å². The summed E-state index contributed by atoms with van der Waals surface area (Å²) in [4.78, 5) is 19.5. The molecule has 1 amide bonds. The molecule has 1 saturated heterocycles. The summed E-state index contributed by atoms with van der Waals surface area (Å²) < 4.78 is 5.51. The zero-order chi connectivity index (χ0) is 19.0. The van der Waals surface area contributed by atoms with Crippen molar-refractivity contribution in [3.05, 3.63) is 70.1 Å². The highest BCUT2D eigenvalue weighted by atomic mass is 35.5. The average Bonchev–Trinajstić information content (AvgIpc) is 3.30. The molecule has 3 aromatic rings. The van der Waals surface area contributed by atoms with Crippen LogP contribution in [0.5, 0.6) is 0 Å². The predicted octanol–water partition coefficient (Wildman–Crippen LogP) is 4.98. The van der Waals surface area contributed by atoms with Gasteiger partial charge in [-0.2, -0.15) is 4.98 Å². The summed E-state index contributed by atoms with van der Waals surface area (Å²) in [6.07, 6.45) is 1.73. The van der Waals surface area contributed by atoms with E-state index in [0.717, 1.165) is 35.1 Å². The molecule has 0 radical (unpaired) electrons. The van der Waals surface area contributed by atoms with Crippen LogP contribution in [0.25, 0.3) is 11.4 Å². The highest BCUT2D eigenvalue weighted by molar-refractivity contribution is 6.30. The summed E-state index contributed by atoms with van der Waals surface area (Å²) in [6.45, 7) is 4.68. The van der Waals surface area contributed by atoms with Gasteiger partial charge in [0.15, 0.2) is 0 Å². The lowest BCUT2D eigenvalue weighted by Crippen LogP contribution is -2.31. The summed E-state index contributed by atoms with van der Waals surface area (Å²) >= 11 is 6.05. The lowest BCUT2D eigenvalue weighted by atomic mass is 10.0. The fraction of sp³-hybridized carbons (Fsp3) is 0.286. The van der Waals surface area contributed by atoms with Crippen molar-refractivity contribution >= 4 is 17.5 Å². The third kappa shape index (κ3) is 3.47. The molecule has 0 aliphatic carbocycles.